The van der Waals surface area contributed by atoms with Crippen LogP contribution in [0.4, 0.5) is 0 Å². The Hall–Kier alpha value is -2.15. The molecule has 0 fully saturated rings. The van der Waals surface area contributed by atoms with Crippen molar-refractivity contribution < 1.29 is 14.3 Å². The average Bonchev–Trinajstić information content (AvgIpc) is 2.72. The van der Waals surface area contributed by atoms with E-state index in [4.69, 9.17) is 15.9 Å². The molecule has 0 aliphatic carbocycles. The Morgan fingerprint density at radius 2 is 2.27 bits per heavy atom. The van der Waals surface area contributed by atoms with Crippen molar-refractivity contribution in [3.63, 3.8) is 0 Å². The van der Waals surface area contributed by atoms with Crippen LogP contribution in [0.25, 0.3) is 0 Å². The van der Waals surface area contributed by atoms with Gasteiger partial charge in [0.05, 0.1) is 6.54 Å². The van der Waals surface area contributed by atoms with Crippen molar-refractivity contribution in [2.75, 3.05) is 13.3 Å². The fraction of sp³-hybridized carbons (Fsp3) is 0.182. The number of hydrogen-bond donors (Lipinski definition) is 1. The highest BCUT2D eigenvalue weighted by Gasteiger charge is 2.15. The molecule has 0 unspecified atom stereocenters. The summed E-state index contributed by atoms with van der Waals surface area (Å²) in [5, 5.41) is 2.57. The molecule has 0 spiro atoms. The highest BCUT2D eigenvalue weighted by atomic mass is 16.7. The fourth-order valence-corrected chi connectivity index (χ4v) is 1.27. The Labute approximate surface area is 87.2 Å². The Balaban J connectivity index is 2.16. The minimum Gasteiger partial charge on any atom is -0.454 e. The first-order valence-electron chi connectivity index (χ1n) is 4.42. The molecule has 1 aliphatic rings. The van der Waals surface area contributed by atoms with Crippen molar-refractivity contribution in [2.24, 2.45) is 0 Å². The van der Waals surface area contributed by atoms with Gasteiger partial charge >= 0.3 is 0 Å². The Morgan fingerprint density at radius 1 is 1.47 bits per heavy atom. The smallest absolute Gasteiger partial charge is 0.252 e. The summed E-state index contributed by atoms with van der Waals surface area (Å²) >= 11 is 0. The van der Waals surface area contributed by atoms with E-state index in [-0.39, 0.29) is 19.2 Å². The lowest BCUT2D eigenvalue weighted by molar-refractivity contribution is 0.0958. The third-order valence-electron chi connectivity index (χ3n) is 1.99. The lowest BCUT2D eigenvalue weighted by atomic mass is 10.2. The van der Waals surface area contributed by atoms with Crippen LogP contribution < -0.4 is 14.8 Å². The summed E-state index contributed by atoms with van der Waals surface area (Å²) in [5.41, 5.74) is 0.509. The molecule has 0 aromatic heterocycles. The molecule has 1 aromatic rings. The molecule has 1 heterocycles. The van der Waals surface area contributed by atoms with Crippen LogP contribution in [0.15, 0.2) is 18.2 Å². The number of carbonyl (C=O) groups excluding carboxylic acids is 1. The van der Waals surface area contributed by atoms with E-state index in [9.17, 15) is 4.79 Å². The summed E-state index contributed by atoms with van der Waals surface area (Å²) in [7, 11) is 0. The molecule has 1 aliphatic heterocycles. The number of ether oxygens (including phenoxy) is 2. The molecular weight excluding hydrogens is 194 g/mol. The predicted molar refractivity (Wildman–Crippen MR) is 53.7 cm³/mol. The Bertz CT molecular complexity index is 434. The molecule has 1 N–H and O–H groups in total. The van der Waals surface area contributed by atoms with Crippen LogP contribution in [0, 0.1) is 12.3 Å². The van der Waals surface area contributed by atoms with Gasteiger partial charge in [-0.05, 0) is 18.2 Å². The lowest BCUT2D eigenvalue weighted by Gasteiger charge is -2.02. The van der Waals surface area contributed by atoms with Crippen molar-refractivity contribution in [3.8, 4) is 23.8 Å². The molecule has 15 heavy (non-hydrogen) atoms. The number of amides is 1. The third kappa shape index (κ3) is 1.86. The molecule has 0 saturated carbocycles. The number of rotatable bonds is 2. The van der Waals surface area contributed by atoms with Crippen LogP contribution in [-0.4, -0.2) is 19.2 Å². The number of terminal acetylenes is 1. The molecule has 4 nitrogen and oxygen atoms in total. The maximum absolute atomic E-state index is 11.5. The van der Waals surface area contributed by atoms with Gasteiger partial charge in [0.1, 0.15) is 0 Å². The molecule has 0 bridgehead atoms. The first-order chi connectivity index (χ1) is 7.31. The zero-order chi connectivity index (χ0) is 10.7. The van der Waals surface area contributed by atoms with E-state index in [1.165, 1.54) is 0 Å². The molecular formula is C11H9NO3. The second-order valence-corrected chi connectivity index (χ2v) is 2.95. The van der Waals surface area contributed by atoms with Gasteiger partial charge in [-0.1, -0.05) is 5.92 Å². The van der Waals surface area contributed by atoms with Crippen LogP contribution in [0.5, 0.6) is 11.5 Å². The average molecular weight is 203 g/mol. The summed E-state index contributed by atoms with van der Waals surface area (Å²) in [6, 6.07) is 5.00. The van der Waals surface area contributed by atoms with Crippen LogP contribution in [-0.2, 0) is 0 Å². The molecule has 76 valence electrons. The molecule has 2 rings (SSSR count). The fourth-order valence-electron chi connectivity index (χ4n) is 1.27. The van der Waals surface area contributed by atoms with Gasteiger partial charge in [0, 0.05) is 5.56 Å². The monoisotopic (exact) mass is 203 g/mol. The van der Waals surface area contributed by atoms with Crippen molar-refractivity contribution in [1.29, 1.82) is 0 Å². The predicted octanol–water partition coefficient (Wildman–Crippen LogP) is 0.778. The van der Waals surface area contributed by atoms with E-state index in [0.29, 0.717) is 17.1 Å². The number of nitrogens with one attached hydrogen (secondary N) is 1. The van der Waals surface area contributed by atoms with E-state index in [1.54, 1.807) is 18.2 Å². The van der Waals surface area contributed by atoms with Crippen molar-refractivity contribution in [1.82, 2.24) is 5.32 Å². The van der Waals surface area contributed by atoms with Gasteiger partial charge in [0.2, 0.25) is 6.79 Å². The number of carbonyl (C=O) groups is 1. The molecule has 0 radical (unpaired) electrons. The SMILES string of the molecule is C#CCNC(=O)c1ccc2c(c1)OCO2. The maximum atomic E-state index is 11.5. The molecule has 4 heteroatoms. The van der Waals surface area contributed by atoms with Crippen molar-refractivity contribution in [2.45, 2.75) is 0 Å². The molecule has 1 amide bonds. The van der Waals surface area contributed by atoms with Gasteiger partial charge in [-0.2, -0.15) is 0 Å². The maximum Gasteiger partial charge on any atom is 0.252 e. The number of fused-ring (bicyclic) bond motifs is 1. The minimum atomic E-state index is -0.216. The Morgan fingerprint density at radius 3 is 3.07 bits per heavy atom. The van der Waals surface area contributed by atoms with Crippen molar-refractivity contribution in [3.05, 3.63) is 23.8 Å². The van der Waals surface area contributed by atoms with Crippen LogP contribution in [0.3, 0.4) is 0 Å². The topological polar surface area (TPSA) is 47.6 Å². The molecule has 1 aromatic carbocycles. The van der Waals surface area contributed by atoms with E-state index < -0.39 is 0 Å². The normalized spacial score (nSPS) is 11.9. The quantitative estimate of drug-likeness (QED) is 0.722. The highest BCUT2D eigenvalue weighted by molar-refractivity contribution is 5.95. The largest absolute Gasteiger partial charge is 0.454 e. The minimum absolute atomic E-state index is 0.199. The van der Waals surface area contributed by atoms with E-state index in [0.717, 1.165) is 0 Å². The lowest BCUT2D eigenvalue weighted by Crippen LogP contribution is -2.23. The van der Waals surface area contributed by atoms with Gasteiger partial charge in [0.25, 0.3) is 5.91 Å². The number of benzene rings is 1. The van der Waals surface area contributed by atoms with Gasteiger partial charge in [-0.15, -0.1) is 6.42 Å². The number of hydrogen-bond acceptors (Lipinski definition) is 3. The van der Waals surface area contributed by atoms with Gasteiger partial charge in [-0.25, -0.2) is 0 Å². The van der Waals surface area contributed by atoms with E-state index in [2.05, 4.69) is 11.2 Å². The second kappa shape index (κ2) is 3.93. The van der Waals surface area contributed by atoms with E-state index in [1.807, 2.05) is 0 Å². The summed E-state index contributed by atoms with van der Waals surface area (Å²) in [5.74, 6) is 3.36. The van der Waals surface area contributed by atoms with Crippen LogP contribution in [0.1, 0.15) is 10.4 Å². The molecule has 0 atom stereocenters. The van der Waals surface area contributed by atoms with E-state index >= 15 is 0 Å². The molecule has 0 saturated heterocycles. The summed E-state index contributed by atoms with van der Waals surface area (Å²) in [6.45, 7) is 0.415. The standard InChI is InChI=1S/C11H9NO3/c1-2-5-12-11(13)8-3-4-9-10(6-8)15-7-14-9/h1,3-4,6H,5,7H2,(H,12,13). The second-order valence-electron chi connectivity index (χ2n) is 2.95. The van der Waals surface area contributed by atoms with Gasteiger partial charge in [0.15, 0.2) is 11.5 Å². The van der Waals surface area contributed by atoms with Gasteiger partial charge < -0.3 is 14.8 Å². The van der Waals surface area contributed by atoms with Crippen molar-refractivity contribution >= 4 is 5.91 Å². The zero-order valence-corrected chi connectivity index (χ0v) is 7.95. The summed E-state index contributed by atoms with van der Waals surface area (Å²) < 4.78 is 10.3. The third-order valence-corrected chi connectivity index (χ3v) is 1.99. The van der Waals surface area contributed by atoms with Crippen LogP contribution in [0.2, 0.25) is 0 Å². The van der Waals surface area contributed by atoms with Gasteiger partial charge in [-0.3, -0.25) is 4.79 Å². The summed E-state index contributed by atoms with van der Waals surface area (Å²) in [4.78, 5) is 11.5. The highest BCUT2D eigenvalue weighted by Crippen LogP contribution is 2.32. The zero-order valence-electron chi connectivity index (χ0n) is 7.95. The first-order valence-corrected chi connectivity index (χ1v) is 4.42. The summed E-state index contributed by atoms with van der Waals surface area (Å²) in [6.07, 6.45) is 5.04. The first kappa shape index (κ1) is 9.41. The van der Waals surface area contributed by atoms with Crippen LogP contribution >= 0.6 is 0 Å². The Kier molecular flexibility index (Phi) is 2.46.